The van der Waals surface area contributed by atoms with Crippen LogP contribution >= 0.6 is 27.3 Å². The number of benzene rings is 3. The number of hydrogen-bond donors (Lipinski definition) is 0. The summed E-state index contributed by atoms with van der Waals surface area (Å²) in [7, 11) is 0. The minimum atomic E-state index is -0.445. The lowest BCUT2D eigenvalue weighted by Crippen LogP contribution is -2.31. The van der Waals surface area contributed by atoms with Crippen molar-refractivity contribution in [2.45, 2.75) is 6.92 Å². The number of halogens is 1. The number of non-ortho nitro benzene ring substituents is 1. The molecule has 0 N–H and O–H groups in total. The Balaban J connectivity index is 1.61. The molecule has 4 aromatic rings. The summed E-state index contributed by atoms with van der Waals surface area (Å²) in [5.74, 6) is 0.314. The first kappa shape index (κ1) is 22.6. The van der Waals surface area contributed by atoms with Crippen molar-refractivity contribution in [2.75, 3.05) is 11.5 Å². The predicted molar refractivity (Wildman–Crippen MR) is 132 cm³/mol. The van der Waals surface area contributed by atoms with Crippen LogP contribution in [0.15, 0.2) is 82.6 Å². The molecule has 3 aromatic carbocycles. The number of carbonyl (C=O) groups is 1. The lowest BCUT2D eigenvalue weighted by atomic mass is 10.1. The predicted octanol–water partition coefficient (Wildman–Crippen LogP) is 6.53. The minimum Gasteiger partial charge on any atom is -0.484 e. The zero-order valence-corrected chi connectivity index (χ0v) is 19.9. The molecule has 0 unspecified atom stereocenters. The summed E-state index contributed by atoms with van der Waals surface area (Å²) in [6.45, 7) is 1.79. The van der Waals surface area contributed by atoms with Gasteiger partial charge in [0.2, 0.25) is 0 Å². The van der Waals surface area contributed by atoms with E-state index in [1.165, 1.54) is 28.4 Å². The van der Waals surface area contributed by atoms with Gasteiger partial charge in [-0.05, 0) is 61.0 Å². The molecule has 0 bridgehead atoms. The molecule has 166 valence electrons. The monoisotopic (exact) mass is 523 g/mol. The van der Waals surface area contributed by atoms with Gasteiger partial charge in [-0.3, -0.25) is 19.8 Å². The Morgan fingerprint density at radius 3 is 2.52 bits per heavy atom. The van der Waals surface area contributed by atoms with Crippen molar-refractivity contribution in [3.63, 3.8) is 0 Å². The van der Waals surface area contributed by atoms with E-state index >= 15 is 0 Å². The van der Waals surface area contributed by atoms with Gasteiger partial charge in [0.1, 0.15) is 5.75 Å². The number of ether oxygens (including phenoxy) is 1. The van der Waals surface area contributed by atoms with Crippen LogP contribution in [-0.4, -0.2) is 22.4 Å². The second kappa shape index (κ2) is 9.93. The number of nitro groups is 1. The van der Waals surface area contributed by atoms with Gasteiger partial charge in [0.15, 0.2) is 11.7 Å². The molecule has 1 amide bonds. The fourth-order valence-electron chi connectivity index (χ4n) is 3.12. The standard InChI is InChI=1S/C24H18BrN3O4S/c1-16-3-2-4-20(13-16)27(23(29)14-32-21-11-7-18(25)8-12-21)24-26-22(15-33-24)17-5-9-19(10-6-17)28(30)31/h2-13,15H,14H2,1H3. The molecule has 0 aliphatic carbocycles. The SMILES string of the molecule is Cc1cccc(N(C(=O)COc2ccc(Br)cc2)c2nc(-c3ccc([N+](=O)[O-])cc3)cs2)c1. The number of aromatic nitrogens is 1. The molecule has 1 aromatic heterocycles. The van der Waals surface area contributed by atoms with Crippen molar-refractivity contribution in [1.29, 1.82) is 0 Å². The zero-order valence-electron chi connectivity index (χ0n) is 17.5. The Bertz CT molecular complexity index is 1290. The first-order valence-electron chi connectivity index (χ1n) is 9.89. The lowest BCUT2D eigenvalue weighted by Gasteiger charge is -2.20. The normalized spacial score (nSPS) is 10.6. The lowest BCUT2D eigenvalue weighted by molar-refractivity contribution is -0.384. The Labute approximate surface area is 202 Å². The summed E-state index contributed by atoms with van der Waals surface area (Å²) < 4.78 is 6.63. The highest BCUT2D eigenvalue weighted by Crippen LogP contribution is 2.33. The molecule has 0 fully saturated rings. The van der Waals surface area contributed by atoms with Gasteiger partial charge in [0.05, 0.1) is 16.3 Å². The number of anilines is 2. The average Bonchev–Trinajstić information content (AvgIpc) is 3.28. The molecule has 0 saturated carbocycles. The van der Waals surface area contributed by atoms with Crippen molar-refractivity contribution in [2.24, 2.45) is 0 Å². The highest BCUT2D eigenvalue weighted by atomic mass is 79.9. The quantitative estimate of drug-likeness (QED) is 0.203. The highest BCUT2D eigenvalue weighted by Gasteiger charge is 2.22. The van der Waals surface area contributed by atoms with Crippen LogP contribution in [0.2, 0.25) is 0 Å². The van der Waals surface area contributed by atoms with Crippen LogP contribution in [0.4, 0.5) is 16.5 Å². The summed E-state index contributed by atoms with van der Waals surface area (Å²) in [5.41, 5.74) is 3.06. The van der Waals surface area contributed by atoms with Crippen LogP contribution in [-0.2, 0) is 4.79 Å². The van der Waals surface area contributed by atoms with Gasteiger partial charge in [-0.1, -0.05) is 28.1 Å². The van der Waals surface area contributed by atoms with E-state index in [9.17, 15) is 14.9 Å². The summed E-state index contributed by atoms with van der Waals surface area (Å²) in [6, 6.07) is 21.0. The van der Waals surface area contributed by atoms with Gasteiger partial charge in [-0.25, -0.2) is 4.98 Å². The second-order valence-corrected chi connectivity index (χ2v) is 8.88. The minimum absolute atomic E-state index is 0.0101. The molecule has 4 rings (SSSR count). The van der Waals surface area contributed by atoms with Crippen molar-refractivity contribution in [3.05, 3.63) is 98.3 Å². The van der Waals surface area contributed by atoms with E-state index in [1.807, 2.05) is 48.7 Å². The number of nitro benzene ring substituents is 1. The Morgan fingerprint density at radius 2 is 1.85 bits per heavy atom. The van der Waals surface area contributed by atoms with Gasteiger partial charge >= 0.3 is 0 Å². The average molecular weight is 524 g/mol. The number of carbonyl (C=O) groups excluding carboxylic acids is 1. The van der Waals surface area contributed by atoms with Crippen LogP contribution < -0.4 is 9.64 Å². The van der Waals surface area contributed by atoms with Gasteiger partial charge < -0.3 is 4.74 Å². The van der Waals surface area contributed by atoms with E-state index < -0.39 is 4.92 Å². The van der Waals surface area contributed by atoms with Gasteiger partial charge in [-0.2, -0.15) is 0 Å². The Hall–Kier alpha value is -3.56. The molecular formula is C24H18BrN3O4S. The van der Waals surface area contributed by atoms with Crippen molar-refractivity contribution < 1.29 is 14.5 Å². The number of aryl methyl sites for hydroxylation is 1. The number of thiazole rings is 1. The van der Waals surface area contributed by atoms with E-state index in [1.54, 1.807) is 24.3 Å². The third-order valence-electron chi connectivity index (χ3n) is 4.74. The van der Waals surface area contributed by atoms with Crippen LogP contribution in [0.25, 0.3) is 11.3 Å². The van der Waals surface area contributed by atoms with Crippen molar-refractivity contribution in [3.8, 4) is 17.0 Å². The molecule has 0 atom stereocenters. The summed E-state index contributed by atoms with van der Waals surface area (Å²) >= 11 is 4.69. The van der Waals surface area contributed by atoms with Gasteiger partial charge in [-0.15, -0.1) is 11.3 Å². The zero-order chi connectivity index (χ0) is 23.4. The van der Waals surface area contributed by atoms with Crippen LogP contribution in [0.5, 0.6) is 5.75 Å². The molecule has 0 radical (unpaired) electrons. The number of hydrogen-bond acceptors (Lipinski definition) is 6. The Kier molecular flexibility index (Phi) is 6.81. The van der Waals surface area contributed by atoms with Crippen LogP contribution in [0, 0.1) is 17.0 Å². The van der Waals surface area contributed by atoms with Crippen LogP contribution in [0.1, 0.15) is 5.56 Å². The Morgan fingerprint density at radius 1 is 1.12 bits per heavy atom. The second-order valence-electron chi connectivity index (χ2n) is 7.13. The molecule has 9 heteroatoms. The maximum atomic E-state index is 13.2. The molecular weight excluding hydrogens is 506 g/mol. The van der Waals surface area contributed by atoms with Gasteiger partial charge in [0.25, 0.3) is 11.6 Å². The molecule has 0 spiro atoms. The van der Waals surface area contributed by atoms with E-state index in [0.29, 0.717) is 22.3 Å². The third-order valence-corrected chi connectivity index (χ3v) is 6.10. The first-order valence-corrected chi connectivity index (χ1v) is 11.6. The van der Waals surface area contributed by atoms with Crippen molar-refractivity contribution in [1.82, 2.24) is 4.98 Å². The maximum Gasteiger partial charge on any atom is 0.271 e. The van der Waals surface area contributed by atoms with Crippen molar-refractivity contribution >= 4 is 49.7 Å². The fourth-order valence-corrected chi connectivity index (χ4v) is 4.26. The van der Waals surface area contributed by atoms with E-state index in [0.717, 1.165) is 15.6 Å². The third kappa shape index (κ3) is 5.44. The highest BCUT2D eigenvalue weighted by molar-refractivity contribution is 9.10. The molecule has 0 saturated heterocycles. The fraction of sp³-hybridized carbons (Fsp3) is 0.0833. The number of nitrogens with zero attached hydrogens (tertiary/aromatic N) is 3. The smallest absolute Gasteiger partial charge is 0.271 e. The first-order chi connectivity index (χ1) is 15.9. The molecule has 1 heterocycles. The number of rotatable bonds is 7. The maximum absolute atomic E-state index is 13.2. The summed E-state index contributed by atoms with van der Waals surface area (Å²) in [5, 5.41) is 13.2. The molecule has 0 aliphatic rings. The van der Waals surface area contributed by atoms with Crippen LogP contribution in [0.3, 0.4) is 0 Å². The molecule has 7 nitrogen and oxygen atoms in total. The number of amides is 1. The van der Waals surface area contributed by atoms with E-state index in [4.69, 9.17) is 4.74 Å². The van der Waals surface area contributed by atoms with E-state index in [-0.39, 0.29) is 18.2 Å². The summed E-state index contributed by atoms with van der Waals surface area (Å²) in [6.07, 6.45) is 0. The van der Waals surface area contributed by atoms with Gasteiger partial charge in [0, 0.05) is 27.5 Å². The topological polar surface area (TPSA) is 85.6 Å². The van der Waals surface area contributed by atoms with E-state index in [2.05, 4.69) is 20.9 Å². The molecule has 0 aliphatic heterocycles. The summed E-state index contributed by atoms with van der Waals surface area (Å²) in [4.78, 5) is 29.9. The molecule has 33 heavy (non-hydrogen) atoms. The largest absolute Gasteiger partial charge is 0.484 e.